The number of pyridine rings is 1. The van der Waals surface area contributed by atoms with Crippen molar-refractivity contribution in [1.82, 2.24) is 24.5 Å². The lowest BCUT2D eigenvalue weighted by molar-refractivity contribution is -0.137. The van der Waals surface area contributed by atoms with Gasteiger partial charge in [-0.2, -0.15) is 23.4 Å². The van der Waals surface area contributed by atoms with E-state index in [-0.39, 0.29) is 17.8 Å². The van der Waals surface area contributed by atoms with Gasteiger partial charge < -0.3 is 5.32 Å². The molecule has 0 saturated carbocycles. The van der Waals surface area contributed by atoms with E-state index in [2.05, 4.69) is 20.5 Å². The molecule has 0 bridgehead atoms. The maximum absolute atomic E-state index is 12.7. The van der Waals surface area contributed by atoms with Gasteiger partial charge in [0.2, 0.25) is 0 Å². The monoisotopic (exact) mass is 392 g/mol. The van der Waals surface area contributed by atoms with E-state index in [0.29, 0.717) is 17.1 Å². The minimum atomic E-state index is -4.46. The van der Waals surface area contributed by atoms with Crippen LogP contribution in [0.15, 0.2) is 36.8 Å². The molecule has 0 spiro atoms. The normalized spacial score (nSPS) is 12.8. The van der Waals surface area contributed by atoms with E-state index in [0.717, 1.165) is 18.7 Å². The molecule has 3 aromatic rings. The van der Waals surface area contributed by atoms with Crippen molar-refractivity contribution in [3.63, 3.8) is 0 Å². The van der Waals surface area contributed by atoms with Crippen LogP contribution in [0.2, 0.25) is 0 Å². The van der Waals surface area contributed by atoms with Crippen LogP contribution in [0, 0.1) is 6.92 Å². The van der Waals surface area contributed by atoms with E-state index in [1.807, 2.05) is 13.8 Å². The van der Waals surface area contributed by atoms with Crippen LogP contribution in [-0.2, 0) is 6.18 Å². The molecule has 3 heterocycles. The molecule has 0 saturated heterocycles. The molecule has 148 valence electrons. The molecule has 1 unspecified atom stereocenters. The van der Waals surface area contributed by atoms with Gasteiger partial charge >= 0.3 is 6.18 Å². The van der Waals surface area contributed by atoms with Crippen LogP contribution >= 0.6 is 0 Å². The number of nitrogens with zero attached hydrogens (tertiary/aromatic N) is 5. The maximum Gasteiger partial charge on any atom is 0.417 e. The SMILES string of the molecule is CCC(C)n1nccc1NC(=O)c1cnn(-c2ccc(C(F)(F)F)cn2)c1C. The Morgan fingerprint density at radius 1 is 1.21 bits per heavy atom. The van der Waals surface area contributed by atoms with Gasteiger partial charge in [-0.3, -0.25) is 4.79 Å². The first-order valence-corrected chi connectivity index (χ1v) is 8.65. The Bertz CT molecular complexity index is 974. The highest BCUT2D eigenvalue weighted by Crippen LogP contribution is 2.29. The fraction of sp³-hybridized carbons (Fsp3) is 0.333. The number of hydrogen-bond acceptors (Lipinski definition) is 4. The summed E-state index contributed by atoms with van der Waals surface area (Å²) in [6, 6.07) is 3.95. The summed E-state index contributed by atoms with van der Waals surface area (Å²) in [6.45, 7) is 5.65. The summed E-state index contributed by atoms with van der Waals surface area (Å²) in [7, 11) is 0. The van der Waals surface area contributed by atoms with Gasteiger partial charge in [0, 0.05) is 12.3 Å². The lowest BCUT2D eigenvalue weighted by Gasteiger charge is -2.14. The second kappa shape index (κ2) is 7.45. The third-order valence-electron chi connectivity index (χ3n) is 4.47. The largest absolute Gasteiger partial charge is 0.417 e. The molecule has 0 aliphatic carbocycles. The van der Waals surface area contributed by atoms with E-state index < -0.39 is 11.7 Å². The van der Waals surface area contributed by atoms with E-state index in [1.54, 1.807) is 23.9 Å². The van der Waals surface area contributed by atoms with Crippen molar-refractivity contribution in [2.24, 2.45) is 0 Å². The highest BCUT2D eigenvalue weighted by molar-refractivity contribution is 6.04. The van der Waals surface area contributed by atoms with Crippen molar-refractivity contribution in [3.05, 3.63) is 53.6 Å². The van der Waals surface area contributed by atoms with Crippen LogP contribution in [0.25, 0.3) is 5.82 Å². The van der Waals surface area contributed by atoms with Crippen LogP contribution in [0.1, 0.15) is 47.9 Å². The summed E-state index contributed by atoms with van der Waals surface area (Å²) in [4.78, 5) is 16.5. The molecule has 1 amide bonds. The molecule has 28 heavy (non-hydrogen) atoms. The number of carbonyl (C=O) groups is 1. The van der Waals surface area contributed by atoms with Crippen molar-refractivity contribution in [3.8, 4) is 5.82 Å². The van der Waals surface area contributed by atoms with Crippen LogP contribution in [0.5, 0.6) is 0 Å². The topological polar surface area (TPSA) is 77.6 Å². The summed E-state index contributed by atoms with van der Waals surface area (Å²) in [6.07, 6.45) is 0.0778. The number of amides is 1. The van der Waals surface area contributed by atoms with Crippen LogP contribution in [-0.4, -0.2) is 30.5 Å². The Morgan fingerprint density at radius 3 is 2.57 bits per heavy atom. The summed E-state index contributed by atoms with van der Waals surface area (Å²) >= 11 is 0. The first-order valence-electron chi connectivity index (χ1n) is 8.65. The van der Waals surface area contributed by atoms with Crippen molar-refractivity contribution >= 4 is 11.7 Å². The minimum absolute atomic E-state index is 0.116. The van der Waals surface area contributed by atoms with Gasteiger partial charge in [0.05, 0.1) is 35.3 Å². The zero-order valence-electron chi connectivity index (χ0n) is 15.5. The van der Waals surface area contributed by atoms with E-state index >= 15 is 0 Å². The number of anilines is 1. The van der Waals surface area contributed by atoms with Gasteiger partial charge in [-0.1, -0.05) is 6.92 Å². The maximum atomic E-state index is 12.7. The number of rotatable bonds is 5. The van der Waals surface area contributed by atoms with Gasteiger partial charge in [0.15, 0.2) is 5.82 Å². The zero-order valence-corrected chi connectivity index (χ0v) is 15.5. The molecule has 7 nitrogen and oxygen atoms in total. The Labute approximate surface area is 159 Å². The Kier molecular flexibility index (Phi) is 5.21. The molecular weight excluding hydrogens is 373 g/mol. The zero-order chi connectivity index (χ0) is 20.5. The highest BCUT2D eigenvalue weighted by atomic mass is 19.4. The molecular formula is C18H19F3N6O. The van der Waals surface area contributed by atoms with Crippen LogP contribution in [0.3, 0.4) is 0 Å². The molecule has 1 atom stereocenters. The van der Waals surface area contributed by atoms with E-state index in [9.17, 15) is 18.0 Å². The third kappa shape index (κ3) is 3.75. The lowest BCUT2D eigenvalue weighted by Crippen LogP contribution is -2.18. The number of alkyl halides is 3. The smallest absolute Gasteiger partial charge is 0.307 e. The molecule has 3 rings (SSSR count). The number of hydrogen-bond donors (Lipinski definition) is 1. The molecule has 1 N–H and O–H groups in total. The Morgan fingerprint density at radius 2 is 1.96 bits per heavy atom. The summed E-state index contributed by atoms with van der Waals surface area (Å²) in [5.41, 5.74) is -0.102. The average molecular weight is 392 g/mol. The number of aromatic nitrogens is 5. The average Bonchev–Trinajstić information content (AvgIpc) is 3.27. The minimum Gasteiger partial charge on any atom is -0.307 e. The number of halogens is 3. The molecule has 0 aliphatic rings. The van der Waals surface area contributed by atoms with Crippen molar-refractivity contribution in [2.75, 3.05) is 5.32 Å². The molecule has 0 aromatic carbocycles. The predicted molar refractivity (Wildman–Crippen MR) is 96.3 cm³/mol. The molecule has 0 fully saturated rings. The first kappa shape index (κ1) is 19.6. The fourth-order valence-electron chi connectivity index (χ4n) is 2.66. The van der Waals surface area contributed by atoms with Crippen molar-refractivity contribution in [2.45, 2.75) is 39.4 Å². The molecule has 0 aliphatic heterocycles. The second-order valence-electron chi connectivity index (χ2n) is 6.33. The standard InChI is InChI=1S/C18H19F3N6O/c1-4-11(2)26-16(7-8-23-26)25-17(28)14-10-24-27(12(14)3)15-6-5-13(9-22-15)18(19,20)21/h5-11H,4H2,1-3H3,(H,25,28). The van der Waals surface area contributed by atoms with E-state index in [4.69, 9.17) is 0 Å². The van der Waals surface area contributed by atoms with Crippen molar-refractivity contribution < 1.29 is 18.0 Å². The van der Waals surface area contributed by atoms with Gasteiger partial charge in [-0.05, 0) is 32.4 Å². The fourth-order valence-corrected chi connectivity index (χ4v) is 2.66. The quantitative estimate of drug-likeness (QED) is 0.712. The summed E-state index contributed by atoms with van der Waals surface area (Å²) in [5.74, 6) is 0.356. The number of nitrogens with one attached hydrogen (secondary N) is 1. The van der Waals surface area contributed by atoms with Gasteiger partial charge in [-0.15, -0.1) is 0 Å². The van der Waals surface area contributed by atoms with Gasteiger partial charge in [-0.25, -0.2) is 14.3 Å². The number of carbonyl (C=O) groups excluding carboxylic acids is 1. The second-order valence-corrected chi connectivity index (χ2v) is 6.33. The molecule has 10 heteroatoms. The highest BCUT2D eigenvalue weighted by Gasteiger charge is 2.30. The predicted octanol–water partition coefficient (Wildman–Crippen LogP) is 4.01. The lowest BCUT2D eigenvalue weighted by atomic mass is 10.2. The van der Waals surface area contributed by atoms with E-state index in [1.165, 1.54) is 16.9 Å². The summed E-state index contributed by atoms with van der Waals surface area (Å²) < 4.78 is 41.1. The van der Waals surface area contributed by atoms with Crippen LogP contribution in [0.4, 0.5) is 19.0 Å². The summed E-state index contributed by atoms with van der Waals surface area (Å²) in [5, 5.41) is 11.1. The Balaban J connectivity index is 1.83. The molecule has 0 radical (unpaired) electrons. The van der Waals surface area contributed by atoms with Gasteiger partial charge in [0.25, 0.3) is 5.91 Å². The van der Waals surface area contributed by atoms with Gasteiger partial charge in [0.1, 0.15) is 5.82 Å². The third-order valence-corrected chi connectivity index (χ3v) is 4.47. The van der Waals surface area contributed by atoms with Crippen molar-refractivity contribution in [1.29, 1.82) is 0 Å². The molecule has 3 aromatic heterocycles. The first-order chi connectivity index (χ1) is 13.2. The Hall–Kier alpha value is -3.17. The van der Waals surface area contributed by atoms with Crippen LogP contribution < -0.4 is 5.32 Å².